The van der Waals surface area contributed by atoms with E-state index in [9.17, 15) is 0 Å². The minimum Gasteiger partial charge on any atom is -0.143 e. The first-order chi connectivity index (χ1) is 12.3. The van der Waals surface area contributed by atoms with Crippen molar-refractivity contribution in [3.05, 3.63) is 82.0 Å². The van der Waals surface area contributed by atoms with E-state index in [4.69, 9.17) is 0 Å². The van der Waals surface area contributed by atoms with Crippen LogP contribution in [-0.4, -0.2) is 0 Å². The van der Waals surface area contributed by atoms with Crippen LogP contribution in [0, 0.1) is 0 Å². The van der Waals surface area contributed by atoms with Gasteiger partial charge >= 0.3 is 0 Å². The predicted molar refractivity (Wildman–Crippen MR) is 113 cm³/mol. The van der Waals surface area contributed by atoms with E-state index in [1.54, 1.807) is 0 Å². The molecule has 3 aromatic heterocycles. The quantitative estimate of drug-likeness (QED) is 0.285. The molecule has 0 saturated heterocycles. The van der Waals surface area contributed by atoms with Gasteiger partial charge in [0.25, 0.3) is 0 Å². The van der Waals surface area contributed by atoms with Gasteiger partial charge < -0.3 is 0 Å². The molecular formula is C22H14S3. The number of hydrogen-bond acceptors (Lipinski definition) is 3. The Kier molecular flexibility index (Phi) is 2.75. The molecule has 6 rings (SSSR count). The minimum atomic E-state index is -0.0327. The molecule has 1 aliphatic carbocycles. The first-order valence-corrected chi connectivity index (χ1v) is 10.9. The lowest BCUT2D eigenvalue weighted by atomic mass is 9.75. The fraction of sp³-hybridized carbons (Fsp3) is 0.0909. The van der Waals surface area contributed by atoms with Gasteiger partial charge in [0.15, 0.2) is 0 Å². The summed E-state index contributed by atoms with van der Waals surface area (Å²) in [6, 6.07) is 20.5. The van der Waals surface area contributed by atoms with Crippen LogP contribution in [0.1, 0.15) is 23.6 Å². The number of thiophene rings is 3. The van der Waals surface area contributed by atoms with Crippen molar-refractivity contribution in [3.63, 3.8) is 0 Å². The van der Waals surface area contributed by atoms with E-state index < -0.39 is 0 Å². The van der Waals surface area contributed by atoms with Crippen LogP contribution in [0.3, 0.4) is 0 Å². The van der Waals surface area contributed by atoms with E-state index in [0.29, 0.717) is 0 Å². The molecule has 2 aromatic carbocycles. The van der Waals surface area contributed by atoms with Crippen LogP contribution in [0.4, 0.5) is 0 Å². The lowest BCUT2D eigenvalue weighted by Crippen LogP contribution is -2.21. The summed E-state index contributed by atoms with van der Waals surface area (Å²) >= 11 is 5.66. The van der Waals surface area contributed by atoms with Gasteiger partial charge in [-0.25, -0.2) is 0 Å². The van der Waals surface area contributed by atoms with Gasteiger partial charge in [-0.1, -0.05) is 30.3 Å². The maximum atomic E-state index is 2.42. The monoisotopic (exact) mass is 374 g/mol. The van der Waals surface area contributed by atoms with Gasteiger partial charge in [0, 0.05) is 35.3 Å². The van der Waals surface area contributed by atoms with Crippen LogP contribution in [0.2, 0.25) is 0 Å². The highest BCUT2D eigenvalue weighted by Crippen LogP contribution is 2.56. The molecule has 120 valence electrons. The molecule has 3 heterocycles. The van der Waals surface area contributed by atoms with Gasteiger partial charge in [0.05, 0.1) is 0 Å². The molecule has 0 spiro atoms. The molecule has 0 radical (unpaired) electrons. The topological polar surface area (TPSA) is 0 Å². The second kappa shape index (κ2) is 4.82. The summed E-state index contributed by atoms with van der Waals surface area (Å²) in [6.07, 6.45) is 0. The number of hydrogen-bond donors (Lipinski definition) is 0. The van der Waals surface area contributed by atoms with Gasteiger partial charge in [0.2, 0.25) is 0 Å². The van der Waals surface area contributed by atoms with Crippen molar-refractivity contribution < 1.29 is 0 Å². The summed E-state index contributed by atoms with van der Waals surface area (Å²) in [4.78, 5) is 2.92. The molecule has 5 aromatic rings. The third-order valence-corrected chi connectivity index (χ3v) is 8.70. The van der Waals surface area contributed by atoms with Gasteiger partial charge in [0.1, 0.15) is 0 Å². The fourth-order valence-electron chi connectivity index (χ4n) is 4.25. The lowest BCUT2D eigenvalue weighted by molar-refractivity contribution is 0.719. The van der Waals surface area contributed by atoms with Crippen molar-refractivity contribution in [1.82, 2.24) is 0 Å². The maximum absolute atomic E-state index is 2.42. The highest BCUT2D eigenvalue weighted by Gasteiger charge is 2.42. The van der Waals surface area contributed by atoms with Crippen molar-refractivity contribution in [1.29, 1.82) is 0 Å². The second-order valence-electron chi connectivity index (χ2n) is 6.76. The molecule has 3 heteroatoms. The molecule has 25 heavy (non-hydrogen) atoms. The van der Waals surface area contributed by atoms with Gasteiger partial charge in [-0.3, -0.25) is 0 Å². The SMILES string of the molecule is CC1(c2ccc3c(c2)sc2ccccc23)c2ccsc2-c2sccc21. The van der Waals surface area contributed by atoms with Crippen molar-refractivity contribution in [2.75, 3.05) is 0 Å². The van der Waals surface area contributed by atoms with E-state index in [2.05, 4.69) is 72.3 Å². The first kappa shape index (κ1) is 14.3. The minimum absolute atomic E-state index is 0.0327. The zero-order valence-electron chi connectivity index (χ0n) is 13.6. The van der Waals surface area contributed by atoms with Crippen molar-refractivity contribution >= 4 is 54.2 Å². The molecule has 0 saturated carbocycles. The largest absolute Gasteiger partial charge is 0.143 e. The van der Waals surface area contributed by atoms with Crippen LogP contribution in [0.15, 0.2) is 65.4 Å². The third-order valence-electron chi connectivity index (χ3n) is 5.57. The predicted octanol–water partition coefficient (Wildman–Crippen LogP) is 7.51. The molecule has 0 bridgehead atoms. The van der Waals surface area contributed by atoms with E-state index in [0.717, 1.165) is 0 Å². The summed E-state index contributed by atoms with van der Waals surface area (Å²) in [7, 11) is 0. The molecular weight excluding hydrogens is 360 g/mol. The number of benzene rings is 2. The normalized spacial score (nSPS) is 14.9. The standard InChI is InChI=1S/C22H14S3/c1-22(16-8-10-23-20(16)21-17(22)9-11-24-21)13-6-7-15-14-4-2-3-5-18(14)25-19(15)12-13/h2-12H,1H3. The zero-order chi connectivity index (χ0) is 16.6. The third kappa shape index (κ3) is 1.71. The van der Waals surface area contributed by atoms with Crippen LogP contribution >= 0.6 is 34.0 Å². The Morgan fingerprint density at radius 1 is 0.720 bits per heavy atom. The van der Waals surface area contributed by atoms with Crippen molar-refractivity contribution in [2.45, 2.75) is 12.3 Å². The highest BCUT2D eigenvalue weighted by atomic mass is 32.1. The molecule has 0 aliphatic heterocycles. The Morgan fingerprint density at radius 2 is 1.40 bits per heavy atom. The molecule has 0 nitrogen and oxygen atoms in total. The summed E-state index contributed by atoms with van der Waals surface area (Å²) in [5.41, 5.74) is 4.32. The number of rotatable bonds is 1. The highest BCUT2D eigenvalue weighted by molar-refractivity contribution is 7.25. The van der Waals surface area contributed by atoms with Gasteiger partial charge in [-0.2, -0.15) is 0 Å². The Balaban J connectivity index is 1.66. The lowest BCUT2D eigenvalue weighted by Gasteiger charge is -2.26. The van der Waals surface area contributed by atoms with Crippen LogP contribution in [-0.2, 0) is 5.41 Å². The Labute approximate surface area is 158 Å². The fourth-order valence-corrected chi connectivity index (χ4v) is 7.60. The molecule has 0 N–H and O–H groups in total. The van der Waals surface area contributed by atoms with E-state index in [1.165, 1.54) is 46.6 Å². The maximum Gasteiger partial charge on any atom is 0.0490 e. The van der Waals surface area contributed by atoms with Crippen LogP contribution < -0.4 is 0 Å². The average Bonchev–Trinajstić information content (AvgIpc) is 3.38. The van der Waals surface area contributed by atoms with Gasteiger partial charge in [-0.15, -0.1) is 34.0 Å². The molecule has 0 amide bonds. The summed E-state index contributed by atoms with van der Waals surface area (Å²) in [5.74, 6) is 0. The average molecular weight is 375 g/mol. The van der Waals surface area contributed by atoms with E-state index in [-0.39, 0.29) is 5.41 Å². The number of fused-ring (bicyclic) bond motifs is 6. The van der Waals surface area contributed by atoms with Crippen LogP contribution in [0.25, 0.3) is 29.9 Å². The zero-order valence-corrected chi connectivity index (χ0v) is 16.0. The van der Waals surface area contributed by atoms with E-state index >= 15 is 0 Å². The van der Waals surface area contributed by atoms with Crippen LogP contribution in [0.5, 0.6) is 0 Å². The summed E-state index contributed by atoms with van der Waals surface area (Å²) in [6.45, 7) is 2.39. The molecule has 1 aliphatic rings. The summed E-state index contributed by atoms with van der Waals surface area (Å²) in [5, 5.41) is 7.23. The second-order valence-corrected chi connectivity index (χ2v) is 9.68. The molecule has 0 fully saturated rings. The van der Waals surface area contributed by atoms with Crippen molar-refractivity contribution in [2.24, 2.45) is 0 Å². The molecule has 0 atom stereocenters. The van der Waals surface area contributed by atoms with Crippen molar-refractivity contribution in [3.8, 4) is 9.75 Å². The Morgan fingerprint density at radius 3 is 2.16 bits per heavy atom. The Bertz CT molecular complexity index is 1220. The first-order valence-electron chi connectivity index (χ1n) is 8.35. The summed E-state index contributed by atoms with van der Waals surface area (Å²) < 4.78 is 2.76. The van der Waals surface area contributed by atoms with Gasteiger partial charge in [-0.05, 0) is 58.6 Å². The smallest absolute Gasteiger partial charge is 0.0490 e. The molecule has 0 unspecified atom stereocenters. The Hall–Kier alpha value is -1.94. The van der Waals surface area contributed by atoms with E-state index in [1.807, 2.05) is 34.0 Å².